The Hall–Kier alpha value is -0.750. The number of hydrogen-bond donors (Lipinski definition) is 3. The molecule has 0 radical (unpaired) electrons. The summed E-state index contributed by atoms with van der Waals surface area (Å²) < 4.78 is 1.94. The molecule has 0 aliphatic carbocycles. The second-order valence-corrected chi connectivity index (χ2v) is 1.96. The average molecular weight is 150 g/mol. The summed E-state index contributed by atoms with van der Waals surface area (Å²) in [5.74, 6) is 0. The SMILES string of the molecule is NC(=O)NSC(=O)CO. The first kappa shape index (κ1) is 8.25. The normalized spacial score (nSPS) is 8.56. The minimum absolute atomic E-state index is 0.471. The van der Waals surface area contributed by atoms with Crippen molar-refractivity contribution in [1.82, 2.24) is 4.72 Å². The van der Waals surface area contributed by atoms with Crippen molar-refractivity contribution in [3.8, 4) is 0 Å². The number of rotatable bonds is 1. The van der Waals surface area contributed by atoms with Crippen molar-refractivity contribution in [3.63, 3.8) is 0 Å². The minimum Gasteiger partial charge on any atom is -0.388 e. The smallest absolute Gasteiger partial charge is 0.322 e. The van der Waals surface area contributed by atoms with Crippen LogP contribution < -0.4 is 10.5 Å². The molecule has 4 N–H and O–H groups in total. The summed E-state index contributed by atoms with van der Waals surface area (Å²) in [6, 6.07) is -0.804. The molecule has 52 valence electrons. The fraction of sp³-hybridized carbons (Fsp3) is 0.333. The first-order chi connectivity index (χ1) is 4.16. The molecule has 0 fully saturated rings. The number of amides is 2. The zero-order chi connectivity index (χ0) is 7.28. The molecule has 0 atom stereocenters. The van der Waals surface area contributed by atoms with Gasteiger partial charge in [0.2, 0.25) is 5.12 Å². The van der Waals surface area contributed by atoms with E-state index in [9.17, 15) is 9.59 Å². The lowest BCUT2D eigenvalue weighted by atomic mass is 10.8. The Labute approximate surface area is 55.7 Å². The van der Waals surface area contributed by atoms with Gasteiger partial charge in [0.05, 0.1) is 0 Å². The van der Waals surface area contributed by atoms with Crippen LogP contribution in [0, 0.1) is 0 Å². The van der Waals surface area contributed by atoms with E-state index in [2.05, 4.69) is 5.73 Å². The van der Waals surface area contributed by atoms with E-state index in [4.69, 9.17) is 5.11 Å². The van der Waals surface area contributed by atoms with Crippen LogP contribution in [0.5, 0.6) is 0 Å². The lowest BCUT2D eigenvalue weighted by Crippen LogP contribution is -2.25. The lowest BCUT2D eigenvalue weighted by molar-refractivity contribution is -0.113. The van der Waals surface area contributed by atoms with E-state index in [0.29, 0.717) is 11.9 Å². The molecular weight excluding hydrogens is 144 g/mol. The van der Waals surface area contributed by atoms with Gasteiger partial charge in [-0.15, -0.1) is 0 Å². The fourth-order valence-electron chi connectivity index (χ4n) is 0.139. The number of primary amides is 1. The van der Waals surface area contributed by atoms with E-state index in [1.54, 1.807) is 0 Å². The topological polar surface area (TPSA) is 92.4 Å². The Bertz CT molecular complexity index is 126. The molecule has 0 bridgehead atoms. The quantitative estimate of drug-likeness (QED) is 0.410. The summed E-state index contributed by atoms with van der Waals surface area (Å²) in [5, 5.41) is 7.54. The molecule has 0 aliphatic rings. The van der Waals surface area contributed by atoms with E-state index in [-0.39, 0.29) is 0 Å². The monoisotopic (exact) mass is 150 g/mol. The third-order valence-electron chi connectivity index (χ3n) is 0.395. The van der Waals surface area contributed by atoms with E-state index in [1.165, 1.54) is 0 Å². The van der Waals surface area contributed by atoms with Crippen molar-refractivity contribution >= 4 is 23.1 Å². The molecule has 0 unspecified atom stereocenters. The first-order valence-corrected chi connectivity index (χ1v) is 2.84. The number of carbonyl (C=O) groups is 2. The van der Waals surface area contributed by atoms with Crippen LogP contribution in [-0.2, 0) is 4.79 Å². The minimum atomic E-state index is -0.804. The summed E-state index contributed by atoms with van der Waals surface area (Å²) >= 11 is 0.471. The molecule has 5 nitrogen and oxygen atoms in total. The Morgan fingerprint density at radius 3 is 2.56 bits per heavy atom. The predicted octanol–water partition coefficient (Wildman–Crippen LogP) is -1.18. The van der Waals surface area contributed by atoms with Crippen LogP contribution in [0.3, 0.4) is 0 Å². The maximum absolute atomic E-state index is 10.2. The molecule has 0 rings (SSSR count). The number of carbonyl (C=O) groups excluding carboxylic acids is 2. The van der Waals surface area contributed by atoms with Crippen molar-refractivity contribution in [2.75, 3.05) is 6.61 Å². The van der Waals surface area contributed by atoms with Crippen LogP contribution in [0.25, 0.3) is 0 Å². The van der Waals surface area contributed by atoms with Gasteiger partial charge in [0.1, 0.15) is 6.61 Å². The van der Waals surface area contributed by atoms with E-state index >= 15 is 0 Å². The molecule has 0 saturated heterocycles. The van der Waals surface area contributed by atoms with Gasteiger partial charge >= 0.3 is 6.03 Å². The molecule has 0 spiro atoms. The van der Waals surface area contributed by atoms with Crippen molar-refractivity contribution in [1.29, 1.82) is 0 Å². The Morgan fingerprint density at radius 1 is 1.67 bits per heavy atom. The molecule has 0 aliphatic heterocycles. The standard InChI is InChI=1S/C3H6N2O3S/c4-3(8)5-9-2(7)1-6/h6H,1H2,(H3,4,5,8). The highest BCUT2D eigenvalue weighted by Crippen LogP contribution is 1.91. The van der Waals surface area contributed by atoms with Gasteiger partial charge < -0.3 is 10.8 Å². The van der Waals surface area contributed by atoms with Gasteiger partial charge in [0, 0.05) is 11.9 Å². The van der Waals surface area contributed by atoms with Gasteiger partial charge in [0.25, 0.3) is 0 Å². The van der Waals surface area contributed by atoms with Crippen LogP contribution >= 0.6 is 11.9 Å². The Morgan fingerprint density at radius 2 is 2.22 bits per heavy atom. The fourth-order valence-corrected chi connectivity index (χ4v) is 0.418. The second kappa shape index (κ2) is 4.16. The van der Waals surface area contributed by atoms with Gasteiger partial charge in [-0.1, -0.05) is 0 Å². The Balaban J connectivity index is 3.28. The van der Waals surface area contributed by atoms with Crippen LogP contribution in [0.15, 0.2) is 0 Å². The van der Waals surface area contributed by atoms with Crippen LogP contribution in [-0.4, -0.2) is 22.9 Å². The third kappa shape index (κ3) is 5.12. The summed E-state index contributed by atoms with van der Waals surface area (Å²) in [4.78, 5) is 20.0. The van der Waals surface area contributed by atoms with Gasteiger partial charge in [-0.25, -0.2) is 4.79 Å². The van der Waals surface area contributed by atoms with Crippen LogP contribution in [0.4, 0.5) is 4.79 Å². The molecule has 2 amide bonds. The van der Waals surface area contributed by atoms with E-state index < -0.39 is 17.8 Å². The predicted molar refractivity (Wildman–Crippen MR) is 32.4 cm³/mol. The molecule has 0 heterocycles. The number of urea groups is 1. The molecule has 0 aromatic rings. The summed E-state index contributed by atoms with van der Waals surface area (Å²) in [5.41, 5.74) is 4.59. The number of aliphatic hydroxyl groups excluding tert-OH is 1. The number of nitrogens with two attached hydrogens (primary N) is 1. The van der Waals surface area contributed by atoms with Crippen LogP contribution in [0.1, 0.15) is 0 Å². The van der Waals surface area contributed by atoms with Gasteiger partial charge in [0.15, 0.2) is 0 Å². The number of aliphatic hydroxyl groups is 1. The van der Waals surface area contributed by atoms with E-state index in [1.807, 2.05) is 4.72 Å². The zero-order valence-corrected chi connectivity index (χ0v) is 5.27. The van der Waals surface area contributed by atoms with Crippen molar-refractivity contribution < 1.29 is 14.7 Å². The Kier molecular flexibility index (Phi) is 3.81. The average Bonchev–Trinajstić information content (AvgIpc) is 1.83. The number of nitrogens with one attached hydrogen (secondary N) is 1. The lowest BCUT2D eigenvalue weighted by Gasteiger charge is -1.93. The summed E-state index contributed by atoms with van der Waals surface area (Å²) in [6.45, 7) is -0.606. The maximum Gasteiger partial charge on any atom is 0.322 e. The van der Waals surface area contributed by atoms with Crippen LogP contribution in [0.2, 0.25) is 0 Å². The summed E-state index contributed by atoms with van der Waals surface area (Å²) in [6.07, 6.45) is 0. The van der Waals surface area contributed by atoms with Crippen molar-refractivity contribution in [2.45, 2.75) is 0 Å². The molecule has 0 saturated carbocycles. The molecule has 0 aromatic carbocycles. The van der Waals surface area contributed by atoms with Gasteiger partial charge in [-0.2, -0.15) is 0 Å². The highest BCUT2D eigenvalue weighted by Gasteiger charge is 1.99. The summed E-state index contributed by atoms with van der Waals surface area (Å²) in [7, 11) is 0. The first-order valence-electron chi connectivity index (χ1n) is 2.02. The number of hydrogen-bond acceptors (Lipinski definition) is 4. The van der Waals surface area contributed by atoms with Gasteiger partial charge in [-0.3, -0.25) is 9.52 Å². The van der Waals surface area contributed by atoms with Crippen molar-refractivity contribution in [3.05, 3.63) is 0 Å². The molecule has 0 aromatic heterocycles. The third-order valence-corrected chi connectivity index (χ3v) is 1.05. The van der Waals surface area contributed by atoms with Crippen molar-refractivity contribution in [2.24, 2.45) is 5.73 Å². The highest BCUT2D eigenvalue weighted by atomic mass is 32.2. The zero-order valence-electron chi connectivity index (χ0n) is 4.46. The largest absolute Gasteiger partial charge is 0.388 e. The second-order valence-electron chi connectivity index (χ2n) is 1.10. The molecule has 6 heteroatoms. The van der Waals surface area contributed by atoms with E-state index in [0.717, 1.165) is 0 Å². The molecular formula is C3H6N2O3S. The molecule has 9 heavy (non-hydrogen) atoms. The highest BCUT2D eigenvalue weighted by molar-refractivity contribution is 8.12. The van der Waals surface area contributed by atoms with Gasteiger partial charge in [-0.05, 0) is 0 Å². The maximum atomic E-state index is 10.2.